The van der Waals surface area contributed by atoms with Crippen molar-refractivity contribution in [3.8, 4) is 10.7 Å². The van der Waals surface area contributed by atoms with Gasteiger partial charge in [-0.3, -0.25) is 5.10 Å². The van der Waals surface area contributed by atoms with Crippen LogP contribution in [0.1, 0.15) is 25.5 Å². The number of anilines is 1. The van der Waals surface area contributed by atoms with Crippen LogP contribution in [0.15, 0.2) is 0 Å². The van der Waals surface area contributed by atoms with Crippen molar-refractivity contribution in [3.05, 3.63) is 10.5 Å². The van der Waals surface area contributed by atoms with Gasteiger partial charge < -0.3 is 9.47 Å². The fraction of sp³-hybridized carbons (Fsp3) is 0.545. The fourth-order valence-electron chi connectivity index (χ4n) is 1.61. The zero-order valence-electron chi connectivity index (χ0n) is 11.2. The van der Waals surface area contributed by atoms with Crippen LogP contribution in [-0.4, -0.2) is 33.8 Å². The van der Waals surface area contributed by atoms with E-state index in [0.717, 1.165) is 21.5 Å². The number of H-pyrrole nitrogens is 1. The molecule has 0 aliphatic rings. The maximum atomic E-state index is 5.16. The minimum Gasteiger partial charge on any atom is -0.354 e. The minimum atomic E-state index is 0.357. The second-order valence-electron chi connectivity index (χ2n) is 4.67. The van der Waals surface area contributed by atoms with E-state index in [1.54, 1.807) is 11.3 Å². The molecule has 2 heterocycles. The molecule has 98 valence electrons. The lowest BCUT2D eigenvalue weighted by Crippen LogP contribution is -2.08. The third-order valence-corrected chi connectivity index (χ3v) is 4.25. The van der Waals surface area contributed by atoms with Crippen LogP contribution in [0.25, 0.3) is 10.7 Å². The summed E-state index contributed by atoms with van der Waals surface area (Å²) < 4.78 is 2.51. The van der Waals surface area contributed by atoms with E-state index in [4.69, 9.17) is 12.2 Å². The van der Waals surface area contributed by atoms with Crippen molar-refractivity contribution in [2.45, 2.75) is 19.8 Å². The zero-order chi connectivity index (χ0) is 13.4. The molecule has 0 atom stereocenters. The van der Waals surface area contributed by atoms with Gasteiger partial charge in [-0.1, -0.05) is 25.2 Å². The Hall–Kier alpha value is -1.21. The molecule has 0 bridgehead atoms. The highest BCUT2D eigenvalue weighted by Crippen LogP contribution is 2.36. The van der Waals surface area contributed by atoms with Crippen LogP contribution in [0.5, 0.6) is 0 Å². The van der Waals surface area contributed by atoms with E-state index < -0.39 is 0 Å². The number of nitrogens with one attached hydrogen (secondary N) is 1. The first-order chi connectivity index (χ1) is 8.41. The molecule has 0 amide bonds. The fourth-order valence-corrected chi connectivity index (χ4v) is 2.91. The summed E-state index contributed by atoms with van der Waals surface area (Å²) in [5.41, 5.74) is 1.07. The lowest BCUT2D eigenvalue weighted by atomic mass is 10.1. The quantitative estimate of drug-likeness (QED) is 0.880. The third kappa shape index (κ3) is 2.20. The van der Waals surface area contributed by atoms with Gasteiger partial charge in [0, 0.05) is 21.1 Å². The highest BCUT2D eigenvalue weighted by atomic mass is 32.1. The molecule has 0 fully saturated rings. The van der Waals surface area contributed by atoms with Crippen molar-refractivity contribution in [2.75, 3.05) is 19.0 Å². The summed E-state index contributed by atoms with van der Waals surface area (Å²) in [7, 11) is 5.91. The van der Waals surface area contributed by atoms with Gasteiger partial charge in [-0.05, 0) is 18.1 Å². The number of aromatic nitrogens is 4. The first-order valence-electron chi connectivity index (χ1n) is 5.71. The Labute approximate surface area is 115 Å². The summed E-state index contributed by atoms with van der Waals surface area (Å²) in [6.07, 6.45) is 0. The third-order valence-electron chi connectivity index (χ3n) is 2.65. The van der Waals surface area contributed by atoms with Gasteiger partial charge >= 0.3 is 0 Å². The Morgan fingerprint density at radius 2 is 2.06 bits per heavy atom. The Kier molecular flexibility index (Phi) is 3.54. The number of nitrogens with zero attached hydrogens (tertiary/aromatic N) is 4. The first-order valence-corrected chi connectivity index (χ1v) is 6.94. The number of hydrogen-bond acceptors (Lipinski definition) is 5. The predicted octanol–water partition coefficient (Wildman–Crippen LogP) is 2.79. The maximum Gasteiger partial charge on any atom is 0.195 e. The normalized spacial score (nSPS) is 11.2. The second kappa shape index (κ2) is 4.81. The molecule has 0 aromatic carbocycles. The van der Waals surface area contributed by atoms with Crippen LogP contribution < -0.4 is 4.90 Å². The van der Waals surface area contributed by atoms with E-state index >= 15 is 0 Å². The van der Waals surface area contributed by atoms with Crippen LogP contribution in [-0.2, 0) is 7.05 Å². The van der Waals surface area contributed by atoms with Crippen molar-refractivity contribution < 1.29 is 0 Å². The SMILES string of the molecule is CC(C)c1nc(N(C)C)sc1-c1n[nH]c(=S)n1C. The molecule has 0 spiro atoms. The highest BCUT2D eigenvalue weighted by Gasteiger charge is 2.20. The lowest BCUT2D eigenvalue weighted by molar-refractivity contribution is 0.825. The van der Waals surface area contributed by atoms with Crippen molar-refractivity contribution in [1.29, 1.82) is 0 Å². The zero-order valence-corrected chi connectivity index (χ0v) is 12.8. The Morgan fingerprint density at radius 3 is 2.50 bits per heavy atom. The summed E-state index contributed by atoms with van der Waals surface area (Å²) in [5.74, 6) is 1.21. The van der Waals surface area contributed by atoms with E-state index in [1.165, 1.54) is 0 Å². The lowest BCUT2D eigenvalue weighted by Gasteiger charge is -2.05. The Bertz CT molecular complexity index is 605. The largest absolute Gasteiger partial charge is 0.354 e. The molecule has 0 unspecified atom stereocenters. The van der Waals surface area contributed by atoms with Crippen molar-refractivity contribution in [2.24, 2.45) is 7.05 Å². The molecule has 0 saturated carbocycles. The van der Waals surface area contributed by atoms with Crippen molar-refractivity contribution in [3.63, 3.8) is 0 Å². The van der Waals surface area contributed by atoms with Gasteiger partial charge in [-0.25, -0.2) is 4.98 Å². The Morgan fingerprint density at radius 1 is 1.39 bits per heavy atom. The van der Waals surface area contributed by atoms with Gasteiger partial charge in [-0.2, -0.15) is 5.10 Å². The van der Waals surface area contributed by atoms with Gasteiger partial charge in [-0.15, -0.1) is 0 Å². The molecule has 5 nitrogen and oxygen atoms in total. The topological polar surface area (TPSA) is 49.7 Å². The van der Waals surface area contributed by atoms with Crippen LogP contribution in [0.3, 0.4) is 0 Å². The summed E-state index contributed by atoms with van der Waals surface area (Å²) >= 11 is 6.80. The predicted molar refractivity (Wildman–Crippen MR) is 77.9 cm³/mol. The van der Waals surface area contributed by atoms with Crippen molar-refractivity contribution in [1.82, 2.24) is 19.7 Å². The van der Waals surface area contributed by atoms with E-state index in [-0.39, 0.29) is 0 Å². The average molecular weight is 283 g/mol. The van der Waals surface area contributed by atoms with Gasteiger partial charge in [0.1, 0.15) is 0 Å². The molecule has 2 aromatic rings. The standard InChI is InChI=1S/C11H17N5S2/c1-6(2)7-8(18-11(12-7)15(3)4)9-13-14-10(17)16(9)5/h6H,1-5H3,(H,14,17). The minimum absolute atomic E-state index is 0.357. The van der Waals surface area contributed by atoms with Gasteiger partial charge in [0.15, 0.2) is 15.7 Å². The van der Waals surface area contributed by atoms with E-state index in [2.05, 4.69) is 29.0 Å². The van der Waals surface area contributed by atoms with Gasteiger partial charge in [0.25, 0.3) is 0 Å². The first kappa shape index (κ1) is 13.2. The maximum absolute atomic E-state index is 5.16. The molecule has 1 N–H and O–H groups in total. The molecular formula is C11H17N5S2. The average Bonchev–Trinajstić information content (AvgIpc) is 2.85. The van der Waals surface area contributed by atoms with E-state index in [0.29, 0.717) is 10.7 Å². The van der Waals surface area contributed by atoms with Crippen molar-refractivity contribution >= 4 is 28.7 Å². The Balaban J connectivity index is 2.62. The van der Waals surface area contributed by atoms with Crippen LogP contribution in [0.4, 0.5) is 5.13 Å². The summed E-state index contributed by atoms with van der Waals surface area (Å²) in [6, 6.07) is 0. The summed E-state index contributed by atoms with van der Waals surface area (Å²) in [5, 5.41) is 8.11. The molecule has 0 aliphatic heterocycles. The number of aromatic amines is 1. The molecule has 2 aromatic heterocycles. The monoisotopic (exact) mass is 283 g/mol. The number of thiazole rings is 1. The van der Waals surface area contributed by atoms with Gasteiger partial charge in [0.05, 0.1) is 10.6 Å². The number of rotatable bonds is 3. The molecule has 18 heavy (non-hydrogen) atoms. The van der Waals surface area contributed by atoms with Crippen LogP contribution >= 0.6 is 23.6 Å². The highest BCUT2D eigenvalue weighted by molar-refractivity contribution is 7.71. The van der Waals surface area contributed by atoms with E-state index in [1.807, 2.05) is 30.6 Å². The summed E-state index contributed by atoms with van der Waals surface area (Å²) in [4.78, 5) is 7.78. The molecule has 2 rings (SSSR count). The van der Waals surface area contributed by atoms with Gasteiger partial charge in [0.2, 0.25) is 0 Å². The molecule has 0 aliphatic carbocycles. The van der Waals surface area contributed by atoms with E-state index in [9.17, 15) is 0 Å². The summed E-state index contributed by atoms with van der Waals surface area (Å²) in [6.45, 7) is 4.28. The number of hydrogen-bond donors (Lipinski definition) is 1. The van der Waals surface area contributed by atoms with Crippen LogP contribution in [0, 0.1) is 4.77 Å². The molecule has 7 heteroatoms. The molecule has 0 saturated heterocycles. The second-order valence-corrected chi connectivity index (χ2v) is 6.04. The molecular weight excluding hydrogens is 266 g/mol. The smallest absolute Gasteiger partial charge is 0.195 e. The van der Waals surface area contributed by atoms with Crippen LogP contribution in [0.2, 0.25) is 0 Å². The molecule has 0 radical (unpaired) electrons.